The first kappa shape index (κ1) is 12.0. The number of hydrogen-bond donors (Lipinski definition) is 1. The standard InChI is InChI=1S/C9H6BrF3O2/c1-4(14)6-2-5(10)3-7(8(6)15)9(11,12)13/h2-3,15H,1H3. The number of hydrogen-bond acceptors (Lipinski definition) is 2. The van der Waals surface area contributed by atoms with Gasteiger partial charge >= 0.3 is 6.18 Å². The van der Waals surface area contributed by atoms with E-state index in [-0.39, 0.29) is 10.0 Å². The van der Waals surface area contributed by atoms with E-state index in [0.29, 0.717) is 0 Å². The normalized spacial score (nSPS) is 11.5. The molecule has 2 nitrogen and oxygen atoms in total. The molecule has 0 heterocycles. The minimum absolute atomic E-state index is 0.0952. The maximum absolute atomic E-state index is 12.4. The summed E-state index contributed by atoms with van der Waals surface area (Å²) >= 11 is 2.84. The van der Waals surface area contributed by atoms with E-state index in [9.17, 15) is 23.1 Å². The summed E-state index contributed by atoms with van der Waals surface area (Å²) in [5, 5.41) is 9.26. The lowest BCUT2D eigenvalue weighted by molar-refractivity contribution is -0.138. The van der Waals surface area contributed by atoms with Gasteiger partial charge in [-0.25, -0.2) is 0 Å². The van der Waals surface area contributed by atoms with Crippen LogP contribution in [0.2, 0.25) is 0 Å². The van der Waals surface area contributed by atoms with Crippen molar-refractivity contribution in [3.63, 3.8) is 0 Å². The highest BCUT2D eigenvalue weighted by Crippen LogP contribution is 2.39. The van der Waals surface area contributed by atoms with E-state index in [0.717, 1.165) is 19.1 Å². The van der Waals surface area contributed by atoms with Crippen LogP contribution in [-0.2, 0) is 6.18 Å². The number of carbonyl (C=O) groups excluding carboxylic acids is 1. The highest BCUT2D eigenvalue weighted by atomic mass is 79.9. The van der Waals surface area contributed by atoms with Crippen molar-refractivity contribution in [2.45, 2.75) is 13.1 Å². The Morgan fingerprint density at radius 1 is 1.40 bits per heavy atom. The van der Waals surface area contributed by atoms with Crippen LogP contribution < -0.4 is 0 Å². The minimum atomic E-state index is -4.68. The van der Waals surface area contributed by atoms with Crippen molar-refractivity contribution in [2.75, 3.05) is 0 Å². The van der Waals surface area contributed by atoms with Crippen molar-refractivity contribution >= 4 is 21.7 Å². The summed E-state index contributed by atoms with van der Waals surface area (Å²) in [7, 11) is 0. The number of halogens is 4. The highest BCUT2D eigenvalue weighted by Gasteiger charge is 2.35. The number of carbonyl (C=O) groups is 1. The maximum atomic E-state index is 12.4. The fourth-order valence-electron chi connectivity index (χ4n) is 1.08. The van der Waals surface area contributed by atoms with Gasteiger partial charge in [0.05, 0.1) is 11.1 Å². The van der Waals surface area contributed by atoms with E-state index in [4.69, 9.17) is 0 Å². The van der Waals surface area contributed by atoms with Crippen LogP contribution in [0.25, 0.3) is 0 Å². The van der Waals surface area contributed by atoms with Gasteiger partial charge in [-0.3, -0.25) is 4.79 Å². The van der Waals surface area contributed by atoms with Crippen molar-refractivity contribution < 1.29 is 23.1 Å². The SMILES string of the molecule is CC(=O)c1cc(Br)cc(C(F)(F)F)c1O. The van der Waals surface area contributed by atoms with Gasteiger partial charge in [-0.1, -0.05) is 15.9 Å². The third-order valence-electron chi connectivity index (χ3n) is 1.76. The largest absolute Gasteiger partial charge is 0.507 e. The van der Waals surface area contributed by atoms with Crippen molar-refractivity contribution in [1.82, 2.24) is 0 Å². The van der Waals surface area contributed by atoms with Crippen LogP contribution in [0, 0.1) is 0 Å². The van der Waals surface area contributed by atoms with E-state index in [2.05, 4.69) is 15.9 Å². The average molecular weight is 283 g/mol. The summed E-state index contributed by atoms with van der Waals surface area (Å²) in [6, 6.07) is 1.87. The molecule has 0 aromatic heterocycles. The smallest absolute Gasteiger partial charge is 0.420 e. The number of ketones is 1. The second-order valence-electron chi connectivity index (χ2n) is 2.90. The minimum Gasteiger partial charge on any atom is -0.507 e. The first-order valence-electron chi connectivity index (χ1n) is 3.84. The van der Waals surface area contributed by atoms with Gasteiger partial charge in [-0.15, -0.1) is 0 Å². The molecule has 0 fully saturated rings. The number of Topliss-reactive ketones (excluding diaryl/α,β-unsaturated/α-hetero) is 1. The summed E-state index contributed by atoms with van der Waals surface area (Å²) in [6.07, 6.45) is -4.68. The van der Waals surface area contributed by atoms with Gasteiger partial charge in [0.15, 0.2) is 5.78 Å². The van der Waals surface area contributed by atoms with Gasteiger partial charge < -0.3 is 5.11 Å². The van der Waals surface area contributed by atoms with Crippen LogP contribution in [0.3, 0.4) is 0 Å². The van der Waals surface area contributed by atoms with Gasteiger partial charge in [0.25, 0.3) is 0 Å². The van der Waals surface area contributed by atoms with Crippen molar-refractivity contribution in [3.05, 3.63) is 27.7 Å². The fourth-order valence-corrected chi connectivity index (χ4v) is 1.54. The van der Waals surface area contributed by atoms with Crippen LogP contribution in [-0.4, -0.2) is 10.9 Å². The number of rotatable bonds is 1. The molecule has 1 aromatic carbocycles. The molecule has 6 heteroatoms. The highest BCUT2D eigenvalue weighted by molar-refractivity contribution is 9.10. The van der Waals surface area contributed by atoms with Gasteiger partial charge in [0, 0.05) is 4.47 Å². The van der Waals surface area contributed by atoms with Gasteiger partial charge in [-0.2, -0.15) is 13.2 Å². The number of benzene rings is 1. The lowest BCUT2D eigenvalue weighted by atomic mass is 10.1. The Hall–Kier alpha value is -1.04. The summed E-state index contributed by atoms with van der Waals surface area (Å²) in [5.41, 5.74) is -1.57. The van der Waals surface area contributed by atoms with Crippen LogP contribution in [0.1, 0.15) is 22.8 Å². The first-order valence-corrected chi connectivity index (χ1v) is 4.63. The fraction of sp³-hybridized carbons (Fsp3) is 0.222. The van der Waals surface area contributed by atoms with Crippen LogP contribution in [0.5, 0.6) is 5.75 Å². The molecule has 0 saturated heterocycles. The molecule has 0 aliphatic heterocycles. The molecular weight excluding hydrogens is 277 g/mol. The Labute approximate surface area is 91.8 Å². The van der Waals surface area contributed by atoms with Crippen molar-refractivity contribution in [3.8, 4) is 5.75 Å². The van der Waals surface area contributed by atoms with Crippen molar-refractivity contribution in [2.24, 2.45) is 0 Å². The lowest BCUT2D eigenvalue weighted by Crippen LogP contribution is -2.08. The summed E-state index contributed by atoms with van der Waals surface area (Å²) in [4.78, 5) is 10.9. The van der Waals surface area contributed by atoms with E-state index in [1.54, 1.807) is 0 Å². The Morgan fingerprint density at radius 2 is 1.93 bits per heavy atom. The monoisotopic (exact) mass is 282 g/mol. The molecule has 1 rings (SSSR count). The number of phenolic OH excluding ortho intramolecular Hbond substituents is 1. The summed E-state index contributed by atoms with van der Waals surface area (Å²) in [5.74, 6) is -1.66. The Morgan fingerprint density at radius 3 is 2.33 bits per heavy atom. The Kier molecular flexibility index (Phi) is 3.08. The second kappa shape index (κ2) is 3.84. The molecule has 0 atom stereocenters. The van der Waals surface area contributed by atoms with Gasteiger partial charge in [0.2, 0.25) is 0 Å². The number of alkyl halides is 3. The van der Waals surface area contributed by atoms with Crippen LogP contribution in [0.4, 0.5) is 13.2 Å². The third-order valence-corrected chi connectivity index (χ3v) is 2.22. The first-order chi connectivity index (χ1) is 6.73. The molecule has 0 amide bonds. The number of aromatic hydroxyl groups is 1. The molecule has 1 aromatic rings. The molecule has 0 aliphatic carbocycles. The molecule has 15 heavy (non-hydrogen) atoms. The molecular formula is C9H6BrF3O2. The molecule has 0 aliphatic rings. The molecule has 82 valence electrons. The molecule has 1 N–H and O–H groups in total. The van der Waals surface area contributed by atoms with Crippen LogP contribution in [0.15, 0.2) is 16.6 Å². The predicted octanol–water partition coefficient (Wildman–Crippen LogP) is 3.38. The molecule has 0 saturated carbocycles. The van der Waals surface area contributed by atoms with Gasteiger partial charge in [0.1, 0.15) is 5.75 Å². The lowest BCUT2D eigenvalue weighted by Gasteiger charge is -2.11. The van der Waals surface area contributed by atoms with E-state index in [1.165, 1.54) is 0 Å². The molecule has 0 radical (unpaired) electrons. The van der Waals surface area contributed by atoms with E-state index < -0.39 is 23.3 Å². The second-order valence-corrected chi connectivity index (χ2v) is 3.82. The summed E-state index contributed by atoms with van der Waals surface area (Å²) in [6.45, 7) is 1.08. The van der Waals surface area contributed by atoms with Crippen LogP contribution >= 0.6 is 15.9 Å². The Balaban J connectivity index is 3.49. The summed E-state index contributed by atoms with van der Waals surface area (Å²) < 4.78 is 37.2. The zero-order valence-corrected chi connectivity index (χ0v) is 9.11. The van der Waals surface area contributed by atoms with Gasteiger partial charge in [-0.05, 0) is 19.1 Å². The molecule has 0 unspecified atom stereocenters. The zero-order valence-electron chi connectivity index (χ0n) is 7.52. The molecule has 0 bridgehead atoms. The van der Waals surface area contributed by atoms with E-state index >= 15 is 0 Å². The van der Waals surface area contributed by atoms with E-state index in [1.807, 2.05) is 0 Å². The Bertz CT molecular complexity index is 413. The topological polar surface area (TPSA) is 37.3 Å². The zero-order chi connectivity index (χ0) is 11.8. The number of phenols is 1. The maximum Gasteiger partial charge on any atom is 0.420 e. The quantitative estimate of drug-likeness (QED) is 0.802. The average Bonchev–Trinajstić information content (AvgIpc) is 2.06. The van der Waals surface area contributed by atoms with Crippen molar-refractivity contribution in [1.29, 1.82) is 0 Å². The molecule has 0 spiro atoms. The predicted molar refractivity (Wildman–Crippen MR) is 50.8 cm³/mol. The third kappa shape index (κ3) is 2.50.